The fourth-order valence-electron chi connectivity index (χ4n) is 3.86. The van der Waals surface area contributed by atoms with Crippen molar-refractivity contribution < 1.29 is 28.1 Å². The topological polar surface area (TPSA) is 76.0 Å². The van der Waals surface area contributed by atoms with Gasteiger partial charge in [-0.1, -0.05) is 66.7 Å². The number of aromatic nitrogens is 1. The molecule has 4 rings (SSSR count). The summed E-state index contributed by atoms with van der Waals surface area (Å²) in [7, 11) is -1.07. The Morgan fingerprint density at radius 1 is 0.730 bits per heavy atom. The highest BCUT2D eigenvalue weighted by Gasteiger charge is 2.23. The smallest absolute Gasteiger partial charge is 0.419 e. The van der Waals surface area contributed by atoms with Gasteiger partial charge in [0.1, 0.15) is 18.9 Å². The summed E-state index contributed by atoms with van der Waals surface area (Å²) in [6, 6.07) is 26.1. The molecule has 0 saturated heterocycles. The lowest BCUT2D eigenvalue weighted by molar-refractivity contribution is 0.0458. The van der Waals surface area contributed by atoms with Gasteiger partial charge in [0, 0.05) is 11.5 Å². The Bertz CT molecular complexity index is 1320. The van der Waals surface area contributed by atoms with Crippen LogP contribution < -0.4 is 0 Å². The Hall–Kier alpha value is -3.51. The molecule has 1 aromatic heterocycles. The summed E-state index contributed by atoms with van der Waals surface area (Å²) in [6.07, 6.45) is -0.0474. The van der Waals surface area contributed by atoms with Gasteiger partial charge in [-0.05, 0) is 48.7 Å². The minimum atomic E-state index is -1.07. The lowest BCUT2D eigenvalue weighted by Gasteiger charge is -2.15. The van der Waals surface area contributed by atoms with E-state index in [4.69, 9.17) is 18.5 Å². The van der Waals surface area contributed by atoms with Crippen LogP contribution in [0.5, 0.6) is 0 Å². The van der Waals surface area contributed by atoms with Crippen molar-refractivity contribution in [1.29, 1.82) is 0 Å². The fraction of sp³-hybridized carbons (Fsp3) is 0.241. The molecule has 0 bridgehead atoms. The van der Waals surface area contributed by atoms with Gasteiger partial charge in [-0.3, -0.25) is 0 Å². The van der Waals surface area contributed by atoms with Crippen LogP contribution in [0.4, 0.5) is 4.79 Å². The Morgan fingerprint density at radius 2 is 1.32 bits per heavy atom. The molecule has 1 heterocycles. The van der Waals surface area contributed by atoms with Crippen LogP contribution in [0.1, 0.15) is 41.0 Å². The van der Waals surface area contributed by atoms with E-state index in [1.807, 2.05) is 92.7 Å². The Kier molecular flexibility index (Phi) is 9.44. The molecule has 0 fully saturated rings. The standard InChI is InChI=1S/C29H30NO6P/c1-3-35-37(36-4-2)21-24-15-16-26-25(17-24)18-27(28(31)33-19-22-11-7-5-8-12-22)30(26)29(32)34-20-23-13-9-6-10-14-23/h5-18H,3-4,19-21H2,1-2H3. The van der Waals surface area contributed by atoms with E-state index in [1.54, 1.807) is 6.07 Å². The van der Waals surface area contributed by atoms with Crippen LogP contribution >= 0.6 is 8.38 Å². The number of hydrogen-bond acceptors (Lipinski definition) is 6. The first-order chi connectivity index (χ1) is 18.1. The third-order valence-corrected chi connectivity index (χ3v) is 7.25. The molecule has 0 saturated carbocycles. The first-order valence-electron chi connectivity index (χ1n) is 12.2. The average Bonchev–Trinajstić information content (AvgIpc) is 3.31. The molecule has 192 valence electrons. The Morgan fingerprint density at radius 3 is 1.92 bits per heavy atom. The van der Waals surface area contributed by atoms with Crippen molar-refractivity contribution in [1.82, 2.24) is 4.57 Å². The zero-order valence-electron chi connectivity index (χ0n) is 21.0. The molecule has 0 radical (unpaired) electrons. The second-order valence-electron chi connectivity index (χ2n) is 8.19. The van der Waals surface area contributed by atoms with E-state index < -0.39 is 20.4 Å². The number of fused-ring (bicyclic) bond motifs is 1. The van der Waals surface area contributed by atoms with Crippen molar-refractivity contribution in [2.45, 2.75) is 33.2 Å². The van der Waals surface area contributed by atoms with Crippen molar-refractivity contribution in [2.75, 3.05) is 13.2 Å². The number of nitrogens with zero attached hydrogens (tertiary/aromatic N) is 1. The average molecular weight is 520 g/mol. The molecule has 0 unspecified atom stereocenters. The molecule has 0 aliphatic heterocycles. The van der Waals surface area contributed by atoms with E-state index in [0.29, 0.717) is 24.9 Å². The monoisotopic (exact) mass is 519 g/mol. The van der Waals surface area contributed by atoms with Crippen molar-refractivity contribution in [3.63, 3.8) is 0 Å². The molecular weight excluding hydrogens is 489 g/mol. The zero-order valence-corrected chi connectivity index (χ0v) is 21.9. The normalized spacial score (nSPS) is 11.1. The highest BCUT2D eigenvalue weighted by molar-refractivity contribution is 7.46. The summed E-state index contributed by atoms with van der Waals surface area (Å²) in [6.45, 7) is 5.18. The molecule has 0 atom stereocenters. The van der Waals surface area contributed by atoms with Crippen LogP contribution in [0.25, 0.3) is 10.9 Å². The number of ether oxygens (including phenoxy) is 2. The molecule has 37 heavy (non-hydrogen) atoms. The van der Waals surface area contributed by atoms with Crippen LogP contribution in [0.2, 0.25) is 0 Å². The van der Waals surface area contributed by atoms with Gasteiger partial charge in [0.15, 0.2) is 8.38 Å². The Balaban J connectivity index is 1.62. The quantitative estimate of drug-likeness (QED) is 0.156. The van der Waals surface area contributed by atoms with Gasteiger partial charge in [0.25, 0.3) is 0 Å². The van der Waals surface area contributed by atoms with Gasteiger partial charge in [-0.25, -0.2) is 14.2 Å². The third kappa shape index (κ3) is 7.04. The van der Waals surface area contributed by atoms with Crippen LogP contribution in [-0.2, 0) is 37.9 Å². The molecule has 4 aromatic rings. The summed E-state index contributed by atoms with van der Waals surface area (Å²) in [5.41, 5.74) is 3.36. The number of esters is 1. The molecule has 0 spiro atoms. The van der Waals surface area contributed by atoms with Gasteiger partial charge < -0.3 is 18.5 Å². The highest BCUT2D eigenvalue weighted by atomic mass is 31.2. The van der Waals surface area contributed by atoms with Crippen molar-refractivity contribution in [3.05, 3.63) is 107 Å². The van der Waals surface area contributed by atoms with Crippen molar-refractivity contribution in [2.24, 2.45) is 0 Å². The van der Waals surface area contributed by atoms with E-state index in [0.717, 1.165) is 22.1 Å². The van der Waals surface area contributed by atoms with Crippen LogP contribution in [0, 0.1) is 0 Å². The number of carbonyl (C=O) groups excluding carboxylic acids is 2. The summed E-state index contributed by atoms with van der Waals surface area (Å²) in [4.78, 5) is 26.4. The third-order valence-electron chi connectivity index (χ3n) is 5.53. The van der Waals surface area contributed by atoms with Gasteiger partial charge >= 0.3 is 12.1 Å². The van der Waals surface area contributed by atoms with Crippen molar-refractivity contribution >= 4 is 31.3 Å². The minimum absolute atomic E-state index is 0.0862. The fourth-order valence-corrected chi connectivity index (χ4v) is 5.18. The summed E-state index contributed by atoms with van der Waals surface area (Å²) < 4.78 is 23.9. The van der Waals surface area contributed by atoms with Gasteiger partial charge in [-0.15, -0.1) is 0 Å². The Labute approximate surface area is 217 Å². The van der Waals surface area contributed by atoms with Crippen molar-refractivity contribution in [3.8, 4) is 0 Å². The molecule has 7 nitrogen and oxygen atoms in total. The molecule has 0 aliphatic rings. The van der Waals surface area contributed by atoms with Crippen LogP contribution in [-0.4, -0.2) is 29.8 Å². The van der Waals surface area contributed by atoms with Crippen LogP contribution in [0.3, 0.4) is 0 Å². The maximum atomic E-state index is 13.2. The maximum absolute atomic E-state index is 13.2. The van der Waals surface area contributed by atoms with Gasteiger partial charge in [-0.2, -0.15) is 0 Å². The molecule has 0 amide bonds. The highest BCUT2D eigenvalue weighted by Crippen LogP contribution is 2.42. The molecular formula is C29H30NO6P. The lowest BCUT2D eigenvalue weighted by Crippen LogP contribution is -2.20. The summed E-state index contributed by atoms with van der Waals surface area (Å²) in [5, 5.41) is 0.726. The van der Waals surface area contributed by atoms with E-state index >= 15 is 0 Å². The molecule has 3 aromatic carbocycles. The number of benzene rings is 3. The maximum Gasteiger partial charge on any atom is 0.419 e. The SMILES string of the molecule is CCOP(Cc1ccc2c(c1)cc(C(=O)OCc1ccccc1)n2C(=O)OCc1ccccc1)OCC. The zero-order chi connectivity index (χ0) is 26.0. The summed E-state index contributed by atoms with van der Waals surface area (Å²) in [5.74, 6) is -0.607. The first kappa shape index (κ1) is 26.6. The largest absolute Gasteiger partial charge is 0.456 e. The van der Waals surface area contributed by atoms with E-state index in [1.165, 1.54) is 4.57 Å². The molecule has 8 heteroatoms. The molecule has 0 N–H and O–H groups in total. The van der Waals surface area contributed by atoms with E-state index in [2.05, 4.69) is 0 Å². The number of carbonyl (C=O) groups is 2. The predicted molar refractivity (Wildman–Crippen MR) is 143 cm³/mol. The van der Waals surface area contributed by atoms with Gasteiger partial charge in [0.05, 0.1) is 18.7 Å². The molecule has 0 aliphatic carbocycles. The lowest BCUT2D eigenvalue weighted by atomic mass is 10.2. The van der Waals surface area contributed by atoms with E-state index in [9.17, 15) is 9.59 Å². The second-order valence-corrected chi connectivity index (χ2v) is 9.68. The van der Waals surface area contributed by atoms with Crippen LogP contribution in [0.15, 0.2) is 84.9 Å². The summed E-state index contributed by atoms with van der Waals surface area (Å²) >= 11 is 0. The number of rotatable bonds is 11. The second kappa shape index (κ2) is 13.2. The number of hydrogen-bond donors (Lipinski definition) is 0. The van der Waals surface area contributed by atoms with E-state index in [-0.39, 0.29) is 18.9 Å². The van der Waals surface area contributed by atoms with Gasteiger partial charge in [0.2, 0.25) is 0 Å². The predicted octanol–water partition coefficient (Wildman–Crippen LogP) is 7.07. The minimum Gasteiger partial charge on any atom is -0.456 e. The first-order valence-corrected chi connectivity index (χ1v) is 13.5.